The second-order valence-corrected chi connectivity index (χ2v) is 6.00. The Hall–Kier alpha value is -1.66. The van der Waals surface area contributed by atoms with Crippen LogP contribution in [0.5, 0.6) is 0 Å². The molecule has 0 saturated heterocycles. The summed E-state index contributed by atoms with van der Waals surface area (Å²) < 4.78 is 13.6. The minimum Gasteiger partial charge on any atom is -0.609 e. The lowest BCUT2D eigenvalue weighted by Crippen LogP contribution is -2.05. The molecule has 0 aliphatic heterocycles. The highest BCUT2D eigenvalue weighted by Crippen LogP contribution is 2.25. The highest BCUT2D eigenvalue weighted by molar-refractivity contribution is 7.90. The van der Waals surface area contributed by atoms with E-state index in [-0.39, 0.29) is 0 Å². The summed E-state index contributed by atoms with van der Waals surface area (Å²) in [7, 11) is 0. The van der Waals surface area contributed by atoms with Crippen molar-refractivity contribution in [3.8, 4) is 0 Å². The highest BCUT2D eigenvalue weighted by Gasteiger charge is 2.14. The van der Waals surface area contributed by atoms with E-state index in [2.05, 4.69) is 33.4 Å². The van der Waals surface area contributed by atoms with Crippen molar-refractivity contribution in [1.29, 1.82) is 0 Å². The number of benzene rings is 1. The van der Waals surface area contributed by atoms with Crippen LogP contribution in [0.3, 0.4) is 0 Å². The summed E-state index contributed by atoms with van der Waals surface area (Å²) in [5.74, 6) is 0. The van der Waals surface area contributed by atoms with Crippen LogP contribution in [-0.2, 0) is 11.2 Å². The van der Waals surface area contributed by atoms with Gasteiger partial charge >= 0.3 is 5.16 Å². The summed E-state index contributed by atoms with van der Waals surface area (Å²) >= 11 is -1.18. The third-order valence-electron chi connectivity index (χ3n) is 3.08. The predicted molar refractivity (Wildman–Crippen MR) is 75.5 cm³/mol. The third kappa shape index (κ3) is 1.97. The zero-order chi connectivity index (χ0) is 13.6. The van der Waals surface area contributed by atoms with E-state index in [0.717, 1.165) is 21.9 Å². The standard InChI is InChI=1S/C13H14N4OS/c1-8(2)17-7-15-10-5-4-9-6-14-13(19(3)18)16-11(9)12(10)17/h4-8H,1-3H3. The Bertz CT molecular complexity index is 751. The van der Waals surface area contributed by atoms with Crippen molar-refractivity contribution in [3.63, 3.8) is 0 Å². The zero-order valence-electron chi connectivity index (χ0n) is 11.0. The molecule has 3 rings (SSSR count). The van der Waals surface area contributed by atoms with Gasteiger partial charge in [0.1, 0.15) is 11.8 Å². The monoisotopic (exact) mass is 274 g/mol. The van der Waals surface area contributed by atoms with Gasteiger partial charge in [-0.1, -0.05) is 0 Å². The van der Waals surface area contributed by atoms with Crippen molar-refractivity contribution in [2.75, 3.05) is 6.26 Å². The van der Waals surface area contributed by atoms with Crippen LogP contribution in [-0.4, -0.2) is 30.3 Å². The zero-order valence-corrected chi connectivity index (χ0v) is 11.8. The second kappa shape index (κ2) is 4.47. The average Bonchev–Trinajstić information content (AvgIpc) is 2.82. The van der Waals surface area contributed by atoms with Gasteiger partial charge < -0.3 is 9.12 Å². The van der Waals surface area contributed by atoms with Crippen LogP contribution in [0.2, 0.25) is 0 Å². The van der Waals surface area contributed by atoms with E-state index in [1.807, 2.05) is 18.5 Å². The molecule has 3 aromatic rings. The molecule has 5 nitrogen and oxygen atoms in total. The van der Waals surface area contributed by atoms with Gasteiger partial charge in [0, 0.05) is 28.8 Å². The number of imidazole rings is 1. The minimum absolute atomic E-state index is 0.293. The highest BCUT2D eigenvalue weighted by atomic mass is 32.2. The van der Waals surface area contributed by atoms with Gasteiger partial charge in [0.15, 0.2) is 0 Å². The van der Waals surface area contributed by atoms with Crippen molar-refractivity contribution in [2.45, 2.75) is 25.0 Å². The van der Waals surface area contributed by atoms with Gasteiger partial charge in [-0.2, -0.15) is 9.97 Å². The van der Waals surface area contributed by atoms with Crippen LogP contribution in [0.15, 0.2) is 29.8 Å². The molecule has 19 heavy (non-hydrogen) atoms. The van der Waals surface area contributed by atoms with Crippen molar-refractivity contribution in [3.05, 3.63) is 24.7 Å². The molecule has 0 fully saturated rings. The molecule has 98 valence electrons. The van der Waals surface area contributed by atoms with Crippen LogP contribution in [0.4, 0.5) is 0 Å². The second-order valence-electron chi connectivity index (χ2n) is 4.72. The Balaban J connectivity index is 2.41. The van der Waals surface area contributed by atoms with E-state index in [4.69, 9.17) is 0 Å². The van der Waals surface area contributed by atoms with Gasteiger partial charge in [0.2, 0.25) is 0 Å². The number of hydrogen-bond acceptors (Lipinski definition) is 4. The first-order chi connectivity index (χ1) is 9.08. The van der Waals surface area contributed by atoms with Gasteiger partial charge in [-0.15, -0.1) is 0 Å². The molecule has 0 aliphatic rings. The number of hydrogen-bond donors (Lipinski definition) is 0. The predicted octanol–water partition coefficient (Wildman–Crippen LogP) is 2.30. The Morgan fingerprint density at radius 3 is 2.74 bits per heavy atom. The van der Waals surface area contributed by atoms with Crippen LogP contribution >= 0.6 is 0 Å². The molecule has 0 radical (unpaired) electrons. The lowest BCUT2D eigenvalue weighted by Gasteiger charge is -2.10. The van der Waals surface area contributed by atoms with E-state index in [1.165, 1.54) is 0 Å². The topological polar surface area (TPSA) is 66.7 Å². The molecular formula is C13H14N4OS. The maximum Gasteiger partial charge on any atom is 0.343 e. The summed E-state index contributed by atoms with van der Waals surface area (Å²) in [6.45, 7) is 4.19. The SMILES string of the molecule is CC(C)n1cnc2ccc3cnc([S+](C)[O-])nc3c21. The molecule has 0 saturated carbocycles. The fourth-order valence-corrected chi connectivity index (χ4v) is 2.55. The summed E-state index contributed by atoms with van der Waals surface area (Å²) in [6, 6.07) is 4.20. The number of aromatic nitrogens is 4. The van der Waals surface area contributed by atoms with Crippen LogP contribution in [0, 0.1) is 0 Å². The average molecular weight is 274 g/mol. The van der Waals surface area contributed by atoms with Crippen molar-refractivity contribution < 1.29 is 4.55 Å². The fourth-order valence-electron chi connectivity index (χ4n) is 2.13. The van der Waals surface area contributed by atoms with E-state index in [9.17, 15) is 4.55 Å². The maximum absolute atomic E-state index is 11.5. The van der Waals surface area contributed by atoms with Gasteiger partial charge in [0.05, 0.1) is 17.4 Å². The lowest BCUT2D eigenvalue weighted by atomic mass is 10.2. The largest absolute Gasteiger partial charge is 0.609 e. The molecule has 0 spiro atoms. The number of nitrogens with zero attached hydrogens (tertiary/aromatic N) is 4. The van der Waals surface area contributed by atoms with E-state index in [1.54, 1.807) is 12.5 Å². The van der Waals surface area contributed by atoms with Gasteiger partial charge in [-0.25, -0.2) is 4.98 Å². The summed E-state index contributed by atoms with van der Waals surface area (Å²) in [6.07, 6.45) is 5.12. The number of rotatable bonds is 2. The Labute approximate surface area is 113 Å². The molecule has 0 N–H and O–H groups in total. The number of fused-ring (bicyclic) bond motifs is 3. The molecule has 0 bridgehead atoms. The van der Waals surface area contributed by atoms with E-state index >= 15 is 0 Å². The van der Waals surface area contributed by atoms with Gasteiger partial charge in [-0.05, 0) is 26.0 Å². The molecule has 1 atom stereocenters. The Morgan fingerprint density at radius 1 is 1.26 bits per heavy atom. The normalized spacial score (nSPS) is 13.5. The van der Waals surface area contributed by atoms with E-state index < -0.39 is 11.2 Å². The molecule has 2 aromatic heterocycles. The summed E-state index contributed by atoms with van der Waals surface area (Å²) in [4.78, 5) is 13.0. The van der Waals surface area contributed by atoms with Gasteiger partial charge in [0.25, 0.3) is 0 Å². The van der Waals surface area contributed by atoms with Crippen LogP contribution in [0.25, 0.3) is 21.9 Å². The van der Waals surface area contributed by atoms with Crippen molar-refractivity contribution in [1.82, 2.24) is 19.5 Å². The van der Waals surface area contributed by atoms with Crippen molar-refractivity contribution in [2.24, 2.45) is 0 Å². The molecule has 6 heteroatoms. The summed E-state index contributed by atoms with van der Waals surface area (Å²) in [5.41, 5.74) is 2.68. The Kier molecular flexibility index (Phi) is 2.91. The van der Waals surface area contributed by atoms with Crippen LogP contribution in [0.1, 0.15) is 19.9 Å². The minimum atomic E-state index is -1.18. The fraction of sp³-hybridized carbons (Fsp3) is 0.308. The molecule has 0 aliphatic carbocycles. The van der Waals surface area contributed by atoms with E-state index in [0.29, 0.717) is 11.2 Å². The third-order valence-corrected chi connectivity index (χ3v) is 3.79. The van der Waals surface area contributed by atoms with Crippen molar-refractivity contribution >= 4 is 33.1 Å². The lowest BCUT2D eigenvalue weighted by molar-refractivity contribution is 0.592. The van der Waals surface area contributed by atoms with Crippen LogP contribution < -0.4 is 0 Å². The molecule has 0 amide bonds. The molecular weight excluding hydrogens is 260 g/mol. The smallest absolute Gasteiger partial charge is 0.343 e. The first kappa shape index (κ1) is 12.4. The molecule has 1 unspecified atom stereocenters. The summed E-state index contributed by atoms with van der Waals surface area (Å²) in [5, 5.41) is 1.29. The quantitative estimate of drug-likeness (QED) is 0.531. The van der Waals surface area contributed by atoms with Gasteiger partial charge in [-0.3, -0.25) is 0 Å². The maximum atomic E-state index is 11.5. The molecule has 1 aromatic carbocycles. The first-order valence-corrected chi connectivity index (χ1v) is 7.59. The Morgan fingerprint density at radius 2 is 2.05 bits per heavy atom. The first-order valence-electron chi connectivity index (χ1n) is 6.03. The molecule has 2 heterocycles.